The van der Waals surface area contributed by atoms with Crippen LogP contribution >= 0.6 is 22.6 Å². The van der Waals surface area contributed by atoms with Gasteiger partial charge >= 0.3 is 0 Å². The zero-order chi connectivity index (χ0) is 17.0. The molecule has 0 aliphatic heterocycles. The van der Waals surface area contributed by atoms with Crippen LogP contribution in [0.2, 0.25) is 0 Å². The summed E-state index contributed by atoms with van der Waals surface area (Å²) in [7, 11) is 0. The Bertz CT molecular complexity index is 713. The van der Waals surface area contributed by atoms with Gasteiger partial charge in [-0.3, -0.25) is 4.79 Å². The van der Waals surface area contributed by atoms with Gasteiger partial charge in [-0.25, -0.2) is 0 Å². The van der Waals surface area contributed by atoms with E-state index in [9.17, 15) is 4.79 Å². The number of halogens is 1. The van der Waals surface area contributed by atoms with Gasteiger partial charge in [-0.2, -0.15) is 0 Å². The van der Waals surface area contributed by atoms with E-state index in [4.69, 9.17) is 4.74 Å². The molecule has 23 heavy (non-hydrogen) atoms. The maximum atomic E-state index is 12.5. The third-order valence-corrected chi connectivity index (χ3v) is 4.54. The first-order valence-electron chi connectivity index (χ1n) is 7.71. The Hall–Kier alpha value is -1.56. The molecule has 0 heterocycles. The number of aryl methyl sites for hydroxylation is 3. The lowest BCUT2D eigenvalue weighted by Crippen LogP contribution is -2.32. The summed E-state index contributed by atoms with van der Waals surface area (Å²) in [6.45, 7) is 8.04. The third-order valence-electron chi connectivity index (χ3n) is 3.87. The Morgan fingerprint density at radius 2 is 1.83 bits per heavy atom. The van der Waals surface area contributed by atoms with Crippen molar-refractivity contribution < 1.29 is 9.53 Å². The molecule has 1 amide bonds. The van der Waals surface area contributed by atoms with Crippen LogP contribution in [0, 0.1) is 24.3 Å². The molecule has 2 aromatic carbocycles. The fourth-order valence-corrected chi connectivity index (χ4v) is 2.90. The molecule has 0 spiro atoms. The first kappa shape index (κ1) is 17.8. The average molecular weight is 423 g/mol. The summed E-state index contributed by atoms with van der Waals surface area (Å²) < 4.78 is 7.03. The lowest BCUT2D eigenvalue weighted by Gasteiger charge is -2.18. The Balaban J connectivity index is 2.10. The molecular weight excluding hydrogens is 401 g/mol. The molecule has 2 aromatic rings. The van der Waals surface area contributed by atoms with Crippen molar-refractivity contribution in [1.29, 1.82) is 0 Å². The number of nitrogens with one attached hydrogen (secondary N) is 1. The monoisotopic (exact) mass is 423 g/mol. The molecule has 0 bridgehead atoms. The van der Waals surface area contributed by atoms with E-state index in [-0.39, 0.29) is 5.91 Å². The summed E-state index contributed by atoms with van der Waals surface area (Å²) in [5, 5.41) is 2.97. The minimum absolute atomic E-state index is 0.116. The number of carbonyl (C=O) groups excluding carboxylic acids is 1. The molecule has 122 valence electrons. The normalized spacial score (nSPS) is 11.9. The van der Waals surface area contributed by atoms with Gasteiger partial charge in [-0.1, -0.05) is 13.0 Å². The summed E-state index contributed by atoms with van der Waals surface area (Å²) in [5.74, 6) is 0.615. The van der Waals surface area contributed by atoms with Gasteiger partial charge in [0.2, 0.25) is 0 Å². The predicted molar refractivity (Wildman–Crippen MR) is 103 cm³/mol. The molecule has 3 nitrogen and oxygen atoms in total. The number of hydrogen-bond acceptors (Lipinski definition) is 2. The van der Waals surface area contributed by atoms with E-state index in [0.717, 1.165) is 26.1 Å². The molecule has 0 aromatic heterocycles. The van der Waals surface area contributed by atoms with Crippen LogP contribution in [0.5, 0.6) is 5.75 Å². The number of rotatable bonds is 5. The highest BCUT2D eigenvalue weighted by Crippen LogP contribution is 2.21. The highest BCUT2D eigenvalue weighted by Gasteiger charge is 2.19. The lowest BCUT2D eigenvalue weighted by molar-refractivity contribution is -0.122. The number of amides is 1. The third kappa shape index (κ3) is 4.70. The lowest BCUT2D eigenvalue weighted by atomic mass is 10.1. The predicted octanol–water partition coefficient (Wildman–Crippen LogP) is 5.01. The molecule has 2 rings (SSSR count). The second-order valence-corrected chi connectivity index (χ2v) is 6.95. The quantitative estimate of drug-likeness (QED) is 0.687. The standard InChI is InChI=1S/C19H22INO2/c1-5-18(23-16-8-6-12(2)13(3)11-16)19(22)21-17-9-7-15(20)10-14(17)4/h6-11,18H,5H2,1-4H3,(H,21,22)/t18-/m0/s1. The van der Waals surface area contributed by atoms with Gasteiger partial charge in [0.15, 0.2) is 6.10 Å². The van der Waals surface area contributed by atoms with Gasteiger partial charge < -0.3 is 10.1 Å². The zero-order valence-corrected chi connectivity index (χ0v) is 16.1. The summed E-state index contributed by atoms with van der Waals surface area (Å²) in [5.41, 5.74) is 4.25. The Labute approximate surface area is 151 Å². The van der Waals surface area contributed by atoms with Crippen LogP contribution in [0.4, 0.5) is 5.69 Å². The molecule has 0 unspecified atom stereocenters. The van der Waals surface area contributed by atoms with Crippen LogP contribution in [-0.2, 0) is 4.79 Å². The van der Waals surface area contributed by atoms with Crippen molar-refractivity contribution >= 4 is 34.2 Å². The molecule has 0 saturated carbocycles. The fourth-order valence-electron chi connectivity index (χ4n) is 2.25. The minimum atomic E-state index is -0.504. The van der Waals surface area contributed by atoms with Gasteiger partial charge in [-0.15, -0.1) is 0 Å². The molecule has 0 radical (unpaired) electrons. The molecule has 1 atom stereocenters. The van der Waals surface area contributed by atoms with Crippen LogP contribution in [0.25, 0.3) is 0 Å². The van der Waals surface area contributed by atoms with Gasteiger partial charge in [-0.05, 0) is 96.8 Å². The summed E-state index contributed by atoms with van der Waals surface area (Å²) in [4.78, 5) is 12.5. The van der Waals surface area contributed by atoms with E-state index in [0.29, 0.717) is 6.42 Å². The van der Waals surface area contributed by atoms with Gasteiger partial charge in [0, 0.05) is 9.26 Å². The molecule has 0 saturated heterocycles. The van der Waals surface area contributed by atoms with Crippen molar-refractivity contribution in [1.82, 2.24) is 0 Å². The second-order valence-electron chi connectivity index (χ2n) is 5.71. The van der Waals surface area contributed by atoms with Crippen molar-refractivity contribution in [3.05, 3.63) is 56.7 Å². The number of carbonyl (C=O) groups is 1. The SMILES string of the molecule is CC[C@H](Oc1ccc(C)c(C)c1)C(=O)Nc1ccc(I)cc1C. The molecular formula is C19H22INO2. The maximum Gasteiger partial charge on any atom is 0.265 e. The molecule has 1 N–H and O–H groups in total. The molecule has 0 aliphatic carbocycles. The largest absolute Gasteiger partial charge is 0.481 e. The highest BCUT2D eigenvalue weighted by molar-refractivity contribution is 14.1. The highest BCUT2D eigenvalue weighted by atomic mass is 127. The number of hydrogen-bond donors (Lipinski definition) is 1. The maximum absolute atomic E-state index is 12.5. The Morgan fingerprint density at radius 1 is 1.09 bits per heavy atom. The number of anilines is 1. The van der Waals surface area contributed by atoms with Crippen LogP contribution in [0.1, 0.15) is 30.0 Å². The van der Waals surface area contributed by atoms with Gasteiger partial charge in [0.1, 0.15) is 5.75 Å². The molecule has 4 heteroatoms. The number of ether oxygens (including phenoxy) is 1. The van der Waals surface area contributed by atoms with E-state index in [1.165, 1.54) is 5.56 Å². The van der Waals surface area contributed by atoms with Gasteiger partial charge in [0.25, 0.3) is 5.91 Å². The minimum Gasteiger partial charge on any atom is -0.481 e. The second kappa shape index (κ2) is 7.81. The van der Waals surface area contributed by atoms with E-state index in [1.807, 2.05) is 57.2 Å². The van der Waals surface area contributed by atoms with Crippen LogP contribution < -0.4 is 10.1 Å². The summed E-state index contributed by atoms with van der Waals surface area (Å²) >= 11 is 2.26. The van der Waals surface area contributed by atoms with E-state index < -0.39 is 6.10 Å². The van der Waals surface area contributed by atoms with Crippen LogP contribution in [0.3, 0.4) is 0 Å². The Morgan fingerprint density at radius 3 is 2.43 bits per heavy atom. The first-order chi connectivity index (χ1) is 10.9. The van der Waals surface area contributed by atoms with Crippen LogP contribution in [0.15, 0.2) is 36.4 Å². The fraction of sp³-hybridized carbons (Fsp3) is 0.316. The van der Waals surface area contributed by atoms with Crippen molar-refractivity contribution in [3.63, 3.8) is 0 Å². The van der Waals surface area contributed by atoms with E-state index in [2.05, 4.69) is 34.8 Å². The Kier molecular flexibility index (Phi) is 6.04. The first-order valence-corrected chi connectivity index (χ1v) is 8.79. The molecule has 0 fully saturated rings. The van der Waals surface area contributed by atoms with Crippen LogP contribution in [-0.4, -0.2) is 12.0 Å². The van der Waals surface area contributed by atoms with Crippen molar-refractivity contribution in [3.8, 4) is 5.75 Å². The summed E-state index contributed by atoms with van der Waals surface area (Å²) in [6.07, 6.45) is 0.109. The van der Waals surface area contributed by atoms with Gasteiger partial charge in [0.05, 0.1) is 0 Å². The number of benzene rings is 2. The van der Waals surface area contributed by atoms with E-state index >= 15 is 0 Å². The summed E-state index contributed by atoms with van der Waals surface area (Å²) in [6, 6.07) is 11.8. The zero-order valence-electron chi connectivity index (χ0n) is 13.9. The smallest absolute Gasteiger partial charge is 0.265 e. The average Bonchev–Trinajstić information content (AvgIpc) is 2.51. The van der Waals surface area contributed by atoms with Crippen molar-refractivity contribution in [2.24, 2.45) is 0 Å². The van der Waals surface area contributed by atoms with Crippen molar-refractivity contribution in [2.45, 2.75) is 40.2 Å². The molecule has 0 aliphatic rings. The van der Waals surface area contributed by atoms with E-state index in [1.54, 1.807) is 0 Å². The van der Waals surface area contributed by atoms with Crippen molar-refractivity contribution in [2.75, 3.05) is 5.32 Å². The topological polar surface area (TPSA) is 38.3 Å².